The second kappa shape index (κ2) is 34.9. The summed E-state index contributed by atoms with van der Waals surface area (Å²) >= 11 is 0. The number of carbonyl (C=O) groups excluding carboxylic acids is 10. The van der Waals surface area contributed by atoms with Gasteiger partial charge in [-0.2, -0.15) is 4.99 Å². The molecule has 1 aliphatic carbocycles. The van der Waals surface area contributed by atoms with Gasteiger partial charge in [-0.15, -0.1) is 0 Å². The maximum Gasteiger partial charge on any atom is 0.353 e. The lowest BCUT2D eigenvalue weighted by Gasteiger charge is -2.25. The molecule has 0 aromatic heterocycles. The minimum Gasteiger partial charge on any atom is -0.372 e. The van der Waals surface area contributed by atoms with Gasteiger partial charge in [-0.25, -0.2) is 14.6 Å². The fraction of sp³-hybridized carbons (Fsp3) is 0.337. The van der Waals surface area contributed by atoms with Crippen LogP contribution in [0, 0.1) is 0 Å². The molecule has 5 aromatic carbocycles. The molecule has 0 saturated carbocycles. The van der Waals surface area contributed by atoms with Crippen LogP contribution < -0.4 is 14.7 Å². The molecule has 34 heteroatoms. The number of hydrogen-bond acceptors (Lipinski definition) is 27. The number of oxime groups is 8. The topological polar surface area (TPSA) is 378 Å². The Bertz CT molecular complexity index is 5030. The largest absolute Gasteiger partial charge is 0.372 e. The van der Waals surface area contributed by atoms with E-state index < -0.39 is 30.0 Å². The van der Waals surface area contributed by atoms with Crippen LogP contribution in [0.3, 0.4) is 0 Å². The Hall–Kier alpha value is -14.2. The second-order valence-electron chi connectivity index (χ2n) is 30.3. The van der Waals surface area contributed by atoms with E-state index in [-0.39, 0.29) is 84.6 Å². The minimum absolute atomic E-state index is 0.00356. The maximum atomic E-state index is 12.2. The fourth-order valence-electron chi connectivity index (χ4n) is 15.4. The highest BCUT2D eigenvalue weighted by Crippen LogP contribution is 2.41. The molecule has 7 atom stereocenters. The van der Waals surface area contributed by atoms with Crippen LogP contribution in [-0.2, 0) is 81.9 Å². The summed E-state index contributed by atoms with van der Waals surface area (Å²) in [6, 6.07) is 37.0. The number of nitrogens with zero attached hydrogens (tertiary/aromatic N) is 16. The predicted octanol–water partition coefficient (Wildman–Crippen LogP) is 11.5. The van der Waals surface area contributed by atoms with Crippen LogP contribution in [0.25, 0.3) is 0 Å². The molecule has 15 aliphatic heterocycles. The molecule has 1 fully saturated rings. The zero-order valence-corrected chi connectivity index (χ0v) is 67.1. The number of likely N-dealkylation sites (tertiary alicyclic amines) is 1. The molecule has 1 spiro atoms. The molecule has 16 aliphatic rings. The fourth-order valence-corrected chi connectivity index (χ4v) is 15.4. The third-order valence-electron chi connectivity index (χ3n) is 21.1. The first-order valence-corrected chi connectivity index (χ1v) is 38.8. The number of ketones is 2. The summed E-state index contributed by atoms with van der Waals surface area (Å²) in [6.45, 7) is 26.6. The third kappa shape index (κ3) is 17.0. The Balaban J connectivity index is 0.000000113. The van der Waals surface area contributed by atoms with Gasteiger partial charge < -0.3 is 43.6 Å². The Kier molecular flexibility index (Phi) is 24.0. The van der Waals surface area contributed by atoms with Crippen molar-refractivity contribution in [1.29, 1.82) is 0 Å². The number of fused-ring (bicyclic) bond motifs is 5. The summed E-state index contributed by atoms with van der Waals surface area (Å²) in [5.41, 5.74) is 16.5. The van der Waals surface area contributed by atoms with E-state index in [0.29, 0.717) is 91.4 Å². The number of carbonyl (C=O) groups is 10. The summed E-state index contributed by atoms with van der Waals surface area (Å²) in [5, 5.41) is 30.5. The first kappa shape index (κ1) is 82.3. The van der Waals surface area contributed by atoms with Crippen LogP contribution in [-0.4, -0.2) is 180 Å². The summed E-state index contributed by atoms with van der Waals surface area (Å²) in [7, 11) is 0. The number of anilines is 3. The maximum absolute atomic E-state index is 12.2. The standard InChI is InChI=1S/C13H14N2O.C12H10N2O3.2C12H12N2O2.C12H9NO3.C9H12N2O2.C9H10N2O2.C7H7N3O3/c1-9-7-13(16-14-9)15-10(2)8-11-5-3-4-6-12(11)15;1-7-6-10(17-13-7)14-11(15)8-4-2-3-5-9(8)12(14)16;2*1-8-6-12(16-13-8)14-10-5-3-2-4-9(10)7-11(14)15;1-7-6-12(16-13-7)10(14)8-4-2-3-5-9(8)11(12)15;2*1-6-5-9(13-10-6)11-7(2)3-4-8(11)12;1-4-2-6(13-9-4)10-5(11)3-8-7(10)12/h3-6,13H,2,7-8H2,1H3;2-5,10H,6H2,1H3;2*2-5,12H,6-7H2,1H3;2-5H,6H2,1H3;9H,2-5H2,1H3;3-4,9H,2,5H2,1H3;3,6H,2H2,1H3. The minimum atomic E-state index is -1.40. The summed E-state index contributed by atoms with van der Waals surface area (Å²) in [5.74, 6) is -1.39. The van der Waals surface area contributed by atoms with Crippen molar-refractivity contribution in [3.8, 4) is 0 Å². The number of allylic oxidation sites excluding steroid dienone is 3. The first-order chi connectivity index (χ1) is 57.6. The van der Waals surface area contributed by atoms with Gasteiger partial charge in [0, 0.05) is 104 Å². The number of imide groups is 2. The van der Waals surface area contributed by atoms with E-state index in [1.54, 1.807) is 90.1 Å². The molecule has 120 heavy (non-hydrogen) atoms. The highest BCUT2D eigenvalue weighted by molar-refractivity contribution is 6.36. The van der Waals surface area contributed by atoms with Crippen LogP contribution >= 0.6 is 0 Å². The number of benzene rings is 5. The lowest BCUT2D eigenvalue weighted by atomic mass is 9.92. The normalized spacial score (nSPS) is 24.0. The zero-order chi connectivity index (χ0) is 85.0. The Morgan fingerprint density at radius 2 is 0.683 bits per heavy atom. The molecule has 9 amide bonds. The van der Waals surface area contributed by atoms with Gasteiger partial charge >= 0.3 is 6.03 Å². The molecule has 21 rings (SSSR count). The van der Waals surface area contributed by atoms with Gasteiger partial charge in [0.05, 0.1) is 87.3 Å². The number of aliphatic imine (C=N–C) groups is 1. The summed E-state index contributed by atoms with van der Waals surface area (Å²) < 4.78 is 0. The number of para-hydroxylation sites is 3. The van der Waals surface area contributed by atoms with Crippen LogP contribution in [0.1, 0.15) is 178 Å². The van der Waals surface area contributed by atoms with Crippen molar-refractivity contribution in [3.05, 3.63) is 209 Å². The van der Waals surface area contributed by atoms with E-state index in [1.165, 1.54) is 22.2 Å². The van der Waals surface area contributed by atoms with E-state index in [0.717, 1.165) is 109 Å². The number of urea groups is 1. The second-order valence-corrected chi connectivity index (χ2v) is 30.3. The van der Waals surface area contributed by atoms with Gasteiger partial charge in [-0.3, -0.25) is 62.8 Å². The Morgan fingerprint density at radius 3 is 1.03 bits per heavy atom. The molecule has 7 unspecified atom stereocenters. The van der Waals surface area contributed by atoms with Crippen molar-refractivity contribution >= 4 is 128 Å². The lowest BCUT2D eigenvalue weighted by molar-refractivity contribution is -0.136. The quantitative estimate of drug-likeness (QED) is 0.108. The molecule has 0 radical (unpaired) electrons. The van der Waals surface area contributed by atoms with Crippen LogP contribution in [0.15, 0.2) is 217 Å². The molecule has 15 heterocycles. The van der Waals surface area contributed by atoms with Gasteiger partial charge in [0.1, 0.15) is 0 Å². The number of rotatable bonds is 7. The van der Waals surface area contributed by atoms with Crippen molar-refractivity contribution in [3.63, 3.8) is 0 Å². The average molecular weight is 1630 g/mol. The van der Waals surface area contributed by atoms with Crippen molar-refractivity contribution in [2.75, 3.05) is 14.7 Å². The van der Waals surface area contributed by atoms with E-state index in [9.17, 15) is 47.9 Å². The molecule has 618 valence electrons. The van der Waals surface area contributed by atoms with E-state index in [2.05, 4.69) is 89.1 Å². The van der Waals surface area contributed by atoms with E-state index in [1.807, 2.05) is 89.2 Å². The van der Waals surface area contributed by atoms with Crippen LogP contribution in [0.2, 0.25) is 0 Å². The van der Waals surface area contributed by atoms with Gasteiger partial charge in [0.2, 0.25) is 72.9 Å². The molecule has 34 nitrogen and oxygen atoms in total. The van der Waals surface area contributed by atoms with Crippen molar-refractivity contribution in [1.82, 2.24) is 19.6 Å². The van der Waals surface area contributed by atoms with Crippen LogP contribution in [0.5, 0.6) is 0 Å². The number of Topliss-reactive ketones (excluding diaryl/α,β-unsaturated/α-hetero) is 2. The van der Waals surface area contributed by atoms with Crippen molar-refractivity contribution in [2.24, 2.45) is 46.2 Å². The predicted molar refractivity (Wildman–Crippen MR) is 440 cm³/mol. The van der Waals surface area contributed by atoms with E-state index in [4.69, 9.17) is 38.7 Å². The smallest absolute Gasteiger partial charge is 0.353 e. The molecule has 0 bridgehead atoms. The van der Waals surface area contributed by atoms with Gasteiger partial charge in [0.15, 0.2) is 0 Å². The van der Waals surface area contributed by atoms with Gasteiger partial charge in [-0.05, 0) is 115 Å². The monoisotopic (exact) mass is 1630 g/mol. The SMILES string of the molecule is C=C1C=CC(=O)N1C1CC(C)=NO1.C=C1CCC(=O)N1C1CC(C)=NO1.C=C1Cc2ccccc2N1C1CC(C)=NO1.CC1=NOC(N2C(=O)C=NC2=O)C1.CC1=NOC(N2C(=O)Cc3ccccc32)C1.CC1=NOC(N2C(=O)Cc3ccccc32)C1.CC1=NOC(N2C(=O)c3ccccc3C2=O)C1.CC1=NOC2(C1)C(=O)c1ccccc1C2=O. The van der Waals surface area contributed by atoms with Crippen LogP contribution in [0.4, 0.5) is 21.9 Å². The molecule has 5 aromatic rings. The molecular formula is C86H86N16O18. The number of hydrogen-bond donors (Lipinski definition) is 0. The van der Waals surface area contributed by atoms with Crippen molar-refractivity contribution in [2.45, 2.75) is 188 Å². The number of amides is 9. The molecule has 1 saturated heterocycles. The molecular weight excluding hydrogens is 1550 g/mol. The third-order valence-corrected chi connectivity index (χ3v) is 21.1. The Labute approximate surface area is 689 Å². The van der Waals surface area contributed by atoms with Gasteiger partial charge in [0.25, 0.3) is 29.2 Å². The highest BCUT2D eigenvalue weighted by Gasteiger charge is 2.58. The van der Waals surface area contributed by atoms with E-state index >= 15 is 0 Å². The van der Waals surface area contributed by atoms with Crippen molar-refractivity contribution < 1.29 is 86.6 Å². The summed E-state index contributed by atoms with van der Waals surface area (Å²) in [4.78, 5) is 173. The summed E-state index contributed by atoms with van der Waals surface area (Å²) in [6.07, 6.45) is 9.86. The molecule has 0 N–H and O–H groups in total. The first-order valence-electron chi connectivity index (χ1n) is 38.8. The van der Waals surface area contributed by atoms with Gasteiger partial charge in [-0.1, -0.05) is 152 Å². The lowest BCUT2D eigenvalue weighted by Crippen LogP contribution is -2.41. The highest BCUT2D eigenvalue weighted by atomic mass is 16.7. The zero-order valence-electron chi connectivity index (χ0n) is 67.1. The average Bonchev–Trinajstić information content (AvgIpc) is 1.57. The Morgan fingerprint density at radius 1 is 0.333 bits per heavy atom.